The van der Waals surface area contributed by atoms with Crippen LogP contribution in [0.15, 0.2) is 6.20 Å². The molecule has 1 aromatic rings. The van der Waals surface area contributed by atoms with E-state index < -0.39 is 11.8 Å². The van der Waals surface area contributed by atoms with Gasteiger partial charge in [-0.2, -0.15) is 0 Å². The first-order valence-corrected chi connectivity index (χ1v) is 5.37. The van der Waals surface area contributed by atoms with E-state index in [9.17, 15) is 4.79 Å². The van der Waals surface area contributed by atoms with Gasteiger partial charge in [0.05, 0.1) is 19.6 Å². The average molecular weight is 229 g/mol. The van der Waals surface area contributed by atoms with E-state index in [1.165, 1.54) is 11.3 Å². The van der Waals surface area contributed by atoms with Crippen molar-refractivity contribution in [2.24, 2.45) is 0 Å². The van der Waals surface area contributed by atoms with Crippen molar-refractivity contribution in [2.45, 2.75) is 19.1 Å². The number of carboxylic acids is 1. The molecule has 15 heavy (non-hydrogen) atoms. The molecule has 0 atom stereocenters. The summed E-state index contributed by atoms with van der Waals surface area (Å²) in [6, 6.07) is 0. The number of aromatic nitrogens is 1. The first-order chi connectivity index (χ1) is 7.10. The third-order valence-corrected chi connectivity index (χ3v) is 3.29. The van der Waals surface area contributed by atoms with Crippen LogP contribution in [0.1, 0.15) is 16.8 Å². The van der Waals surface area contributed by atoms with Gasteiger partial charge in [0.25, 0.3) is 0 Å². The Labute approximate surface area is 90.7 Å². The predicted molar refractivity (Wildman–Crippen MR) is 52.7 cm³/mol. The van der Waals surface area contributed by atoms with Crippen molar-refractivity contribution in [3.63, 3.8) is 0 Å². The maximum Gasteiger partial charge on any atom is 0.308 e. The molecule has 1 aliphatic rings. The molecule has 0 saturated carbocycles. The second-order valence-electron chi connectivity index (χ2n) is 3.34. The lowest BCUT2D eigenvalue weighted by Gasteiger charge is -2.18. The van der Waals surface area contributed by atoms with Crippen LogP contribution >= 0.6 is 11.3 Å². The fourth-order valence-electron chi connectivity index (χ4n) is 1.39. The van der Waals surface area contributed by atoms with Gasteiger partial charge in [0, 0.05) is 11.1 Å². The summed E-state index contributed by atoms with van der Waals surface area (Å²) >= 11 is 1.32. The molecule has 0 spiro atoms. The van der Waals surface area contributed by atoms with Gasteiger partial charge in [-0.1, -0.05) is 0 Å². The van der Waals surface area contributed by atoms with Crippen LogP contribution in [0.2, 0.25) is 0 Å². The molecule has 6 heteroatoms. The zero-order chi connectivity index (χ0) is 10.9. The number of hydrogen-bond donors (Lipinski definition) is 1. The number of thiazole rings is 1. The molecular formula is C9H11NO4S. The Balaban J connectivity index is 2.15. The maximum atomic E-state index is 10.5. The van der Waals surface area contributed by atoms with Crippen LogP contribution in [0.5, 0.6) is 0 Å². The summed E-state index contributed by atoms with van der Waals surface area (Å²) in [5.41, 5.74) is 0. The van der Waals surface area contributed by atoms with E-state index in [1.54, 1.807) is 13.1 Å². The Morgan fingerprint density at radius 2 is 2.33 bits per heavy atom. The standard InChI is InChI=1S/C9H11NO4S/c1-9(13-2-3-14-9)8-10-5-6(15-8)4-7(11)12/h5H,2-4H2,1H3,(H,11,12). The van der Waals surface area contributed by atoms with E-state index in [1.807, 2.05) is 0 Å². The number of hydrogen-bond acceptors (Lipinski definition) is 5. The van der Waals surface area contributed by atoms with Crippen LogP contribution < -0.4 is 0 Å². The lowest BCUT2D eigenvalue weighted by atomic mass is 10.3. The summed E-state index contributed by atoms with van der Waals surface area (Å²) < 4.78 is 10.8. The van der Waals surface area contributed by atoms with E-state index in [-0.39, 0.29) is 6.42 Å². The van der Waals surface area contributed by atoms with Gasteiger partial charge < -0.3 is 14.6 Å². The summed E-state index contributed by atoms with van der Waals surface area (Å²) in [7, 11) is 0. The molecule has 0 amide bonds. The van der Waals surface area contributed by atoms with Gasteiger partial charge in [-0.25, -0.2) is 4.98 Å². The molecule has 0 radical (unpaired) electrons. The van der Waals surface area contributed by atoms with Gasteiger partial charge in [-0.3, -0.25) is 4.79 Å². The zero-order valence-corrected chi connectivity index (χ0v) is 9.04. The number of carbonyl (C=O) groups is 1. The van der Waals surface area contributed by atoms with Crippen LogP contribution in [0.4, 0.5) is 0 Å². The highest BCUT2D eigenvalue weighted by Gasteiger charge is 2.36. The first-order valence-electron chi connectivity index (χ1n) is 4.55. The first kappa shape index (κ1) is 10.5. The molecule has 0 aliphatic carbocycles. The van der Waals surface area contributed by atoms with E-state index >= 15 is 0 Å². The lowest BCUT2D eigenvalue weighted by molar-refractivity contribution is -0.149. The Kier molecular flexibility index (Phi) is 2.72. The number of rotatable bonds is 3. The van der Waals surface area contributed by atoms with Crippen molar-refractivity contribution in [1.29, 1.82) is 0 Å². The molecule has 82 valence electrons. The van der Waals surface area contributed by atoms with E-state index in [0.29, 0.717) is 23.1 Å². The van der Waals surface area contributed by atoms with Gasteiger partial charge in [0.1, 0.15) is 0 Å². The highest BCUT2D eigenvalue weighted by atomic mass is 32.1. The molecule has 0 bridgehead atoms. The normalized spacial score (nSPS) is 19.3. The quantitative estimate of drug-likeness (QED) is 0.837. The maximum absolute atomic E-state index is 10.5. The van der Waals surface area contributed by atoms with Crippen molar-refractivity contribution in [3.05, 3.63) is 16.1 Å². The van der Waals surface area contributed by atoms with Crippen molar-refractivity contribution in [2.75, 3.05) is 13.2 Å². The highest BCUT2D eigenvalue weighted by Crippen LogP contribution is 2.33. The van der Waals surface area contributed by atoms with Gasteiger partial charge >= 0.3 is 5.97 Å². The Hall–Kier alpha value is -0.980. The van der Waals surface area contributed by atoms with Crippen molar-refractivity contribution < 1.29 is 19.4 Å². The van der Waals surface area contributed by atoms with Crippen LogP contribution in [-0.2, 0) is 26.5 Å². The summed E-state index contributed by atoms with van der Waals surface area (Å²) in [5, 5.41) is 9.30. The topological polar surface area (TPSA) is 68.7 Å². The summed E-state index contributed by atoms with van der Waals surface area (Å²) in [4.78, 5) is 15.3. The number of aliphatic carboxylic acids is 1. The summed E-state index contributed by atoms with van der Waals surface area (Å²) in [5.74, 6) is -1.65. The zero-order valence-electron chi connectivity index (χ0n) is 8.23. The lowest BCUT2D eigenvalue weighted by Crippen LogP contribution is -2.21. The number of nitrogens with zero attached hydrogens (tertiary/aromatic N) is 1. The molecule has 2 rings (SSSR count). The second-order valence-corrected chi connectivity index (χ2v) is 4.46. The minimum absolute atomic E-state index is 0.00620. The van der Waals surface area contributed by atoms with Crippen molar-refractivity contribution in [3.8, 4) is 0 Å². The predicted octanol–water partition coefficient (Wildman–Crippen LogP) is 0.990. The van der Waals surface area contributed by atoms with E-state index in [2.05, 4.69) is 4.98 Å². The molecule has 1 N–H and O–H groups in total. The number of carboxylic acid groups (broad SMARTS) is 1. The Morgan fingerprint density at radius 3 is 2.93 bits per heavy atom. The van der Waals surface area contributed by atoms with Gasteiger partial charge in [-0.15, -0.1) is 11.3 Å². The van der Waals surface area contributed by atoms with Crippen molar-refractivity contribution >= 4 is 17.3 Å². The Morgan fingerprint density at radius 1 is 1.67 bits per heavy atom. The number of ether oxygens (including phenoxy) is 2. The largest absolute Gasteiger partial charge is 0.481 e. The van der Waals surface area contributed by atoms with Gasteiger partial charge in [0.15, 0.2) is 5.01 Å². The molecule has 0 unspecified atom stereocenters. The molecule has 1 aromatic heterocycles. The highest BCUT2D eigenvalue weighted by molar-refractivity contribution is 7.11. The molecule has 5 nitrogen and oxygen atoms in total. The Bertz CT molecular complexity index is 370. The molecule has 1 saturated heterocycles. The molecular weight excluding hydrogens is 218 g/mol. The van der Waals surface area contributed by atoms with Crippen LogP contribution in [0.3, 0.4) is 0 Å². The molecule has 2 heterocycles. The van der Waals surface area contributed by atoms with E-state index in [4.69, 9.17) is 14.6 Å². The van der Waals surface area contributed by atoms with Crippen LogP contribution in [0, 0.1) is 0 Å². The monoisotopic (exact) mass is 229 g/mol. The summed E-state index contributed by atoms with van der Waals surface area (Å²) in [6.45, 7) is 2.89. The fourth-order valence-corrected chi connectivity index (χ4v) is 2.34. The van der Waals surface area contributed by atoms with Gasteiger partial charge in [0.2, 0.25) is 5.79 Å². The third-order valence-electron chi connectivity index (χ3n) is 2.11. The SMILES string of the molecule is CC1(c2ncc(CC(=O)O)s2)OCCO1. The molecule has 0 aromatic carbocycles. The summed E-state index contributed by atoms with van der Waals surface area (Å²) in [6.07, 6.45) is 1.55. The molecule has 1 aliphatic heterocycles. The van der Waals surface area contributed by atoms with Crippen molar-refractivity contribution in [1.82, 2.24) is 4.98 Å². The molecule has 1 fully saturated rings. The van der Waals surface area contributed by atoms with E-state index in [0.717, 1.165) is 0 Å². The van der Waals surface area contributed by atoms with Crippen LogP contribution in [-0.4, -0.2) is 29.3 Å². The second kappa shape index (κ2) is 3.88. The van der Waals surface area contributed by atoms with Crippen LogP contribution in [0.25, 0.3) is 0 Å². The average Bonchev–Trinajstić information content (AvgIpc) is 2.74. The smallest absolute Gasteiger partial charge is 0.308 e. The third kappa shape index (κ3) is 2.17. The minimum Gasteiger partial charge on any atom is -0.481 e. The fraction of sp³-hybridized carbons (Fsp3) is 0.556. The van der Waals surface area contributed by atoms with Gasteiger partial charge in [-0.05, 0) is 6.92 Å². The minimum atomic E-state index is -0.858.